The van der Waals surface area contributed by atoms with Gasteiger partial charge in [-0.25, -0.2) is 8.78 Å². The van der Waals surface area contributed by atoms with E-state index in [0.717, 1.165) is 5.56 Å². The number of aryl methyl sites for hydroxylation is 1. The molecule has 2 rings (SSSR count). The van der Waals surface area contributed by atoms with Crippen molar-refractivity contribution in [3.8, 4) is 0 Å². The van der Waals surface area contributed by atoms with Crippen LogP contribution in [0.3, 0.4) is 0 Å². The Kier molecular flexibility index (Phi) is 4.85. The molecular weight excluding hydrogens is 256 g/mol. The lowest BCUT2D eigenvalue weighted by molar-refractivity contribution is 0.151. The van der Waals surface area contributed by atoms with Crippen LogP contribution in [0.1, 0.15) is 41.6 Å². The van der Waals surface area contributed by atoms with Gasteiger partial charge < -0.3 is 5.32 Å². The van der Waals surface area contributed by atoms with E-state index in [1.807, 2.05) is 18.2 Å². The number of rotatable bonds is 5. The summed E-state index contributed by atoms with van der Waals surface area (Å²) >= 11 is 0. The van der Waals surface area contributed by atoms with Crippen LogP contribution in [0.15, 0.2) is 48.5 Å². The first-order valence-electron chi connectivity index (χ1n) is 6.74. The average molecular weight is 275 g/mol. The number of nitrogens with one attached hydrogen (secondary N) is 1. The summed E-state index contributed by atoms with van der Waals surface area (Å²) in [5.74, 6) is 0. The van der Waals surface area contributed by atoms with Crippen molar-refractivity contribution in [3.05, 3.63) is 70.8 Å². The van der Waals surface area contributed by atoms with Gasteiger partial charge in [-0.2, -0.15) is 0 Å². The molecule has 3 heteroatoms. The van der Waals surface area contributed by atoms with E-state index >= 15 is 0 Å². The molecule has 0 aliphatic rings. The Morgan fingerprint density at radius 2 is 1.80 bits per heavy atom. The van der Waals surface area contributed by atoms with Crippen molar-refractivity contribution in [1.82, 2.24) is 5.32 Å². The van der Waals surface area contributed by atoms with E-state index in [1.165, 1.54) is 17.2 Å². The Hall–Kier alpha value is -1.74. The first kappa shape index (κ1) is 14.7. The van der Waals surface area contributed by atoms with Gasteiger partial charge in [0.1, 0.15) is 0 Å². The molecule has 0 aromatic heterocycles. The molecule has 0 heterocycles. The quantitative estimate of drug-likeness (QED) is 0.827. The van der Waals surface area contributed by atoms with E-state index in [0.29, 0.717) is 6.54 Å². The molecule has 0 spiro atoms. The molecule has 0 radical (unpaired) electrons. The van der Waals surface area contributed by atoms with Crippen LogP contribution in [0.5, 0.6) is 0 Å². The smallest absolute Gasteiger partial charge is 0.263 e. The van der Waals surface area contributed by atoms with Gasteiger partial charge in [0.2, 0.25) is 0 Å². The molecule has 1 nitrogen and oxygen atoms in total. The predicted molar refractivity (Wildman–Crippen MR) is 77.8 cm³/mol. The Bertz CT molecular complexity index is 566. The lowest BCUT2D eigenvalue weighted by Gasteiger charge is -2.17. The van der Waals surface area contributed by atoms with Crippen molar-refractivity contribution in [2.75, 3.05) is 0 Å². The molecule has 0 saturated heterocycles. The lowest BCUT2D eigenvalue weighted by atomic mass is 10.0. The molecule has 2 aromatic carbocycles. The summed E-state index contributed by atoms with van der Waals surface area (Å²) in [4.78, 5) is 0. The molecular formula is C17H19F2N. The van der Waals surface area contributed by atoms with Gasteiger partial charge in [0.05, 0.1) is 0 Å². The molecule has 20 heavy (non-hydrogen) atoms. The molecule has 1 N–H and O–H groups in total. The molecule has 0 unspecified atom stereocenters. The molecule has 106 valence electrons. The fourth-order valence-corrected chi connectivity index (χ4v) is 2.29. The summed E-state index contributed by atoms with van der Waals surface area (Å²) in [7, 11) is 0. The molecule has 0 saturated carbocycles. The maximum atomic E-state index is 12.6. The van der Waals surface area contributed by atoms with E-state index in [2.05, 4.69) is 31.3 Å². The van der Waals surface area contributed by atoms with E-state index in [9.17, 15) is 8.78 Å². The van der Waals surface area contributed by atoms with Crippen molar-refractivity contribution < 1.29 is 8.78 Å². The third-order valence-corrected chi connectivity index (χ3v) is 3.47. The molecule has 0 amide bonds. The zero-order valence-corrected chi connectivity index (χ0v) is 11.7. The van der Waals surface area contributed by atoms with Crippen molar-refractivity contribution >= 4 is 0 Å². The Morgan fingerprint density at radius 3 is 2.50 bits per heavy atom. The summed E-state index contributed by atoms with van der Waals surface area (Å²) in [5, 5.41) is 3.38. The number of hydrogen-bond acceptors (Lipinski definition) is 1. The number of benzene rings is 2. The van der Waals surface area contributed by atoms with E-state index < -0.39 is 6.43 Å². The number of halogens is 2. The largest absolute Gasteiger partial charge is 0.306 e. The summed E-state index contributed by atoms with van der Waals surface area (Å²) < 4.78 is 25.3. The Labute approximate surface area is 118 Å². The van der Waals surface area contributed by atoms with Crippen LogP contribution in [-0.4, -0.2) is 0 Å². The van der Waals surface area contributed by atoms with Gasteiger partial charge in [-0.05, 0) is 36.6 Å². The number of alkyl halides is 2. The summed E-state index contributed by atoms with van der Waals surface area (Å²) in [5.41, 5.74) is 3.42. The summed E-state index contributed by atoms with van der Waals surface area (Å²) in [6.07, 6.45) is -2.41. The molecule has 0 bridgehead atoms. The van der Waals surface area contributed by atoms with Crippen LogP contribution in [0.2, 0.25) is 0 Å². The topological polar surface area (TPSA) is 12.0 Å². The first-order valence-corrected chi connectivity index (χ1v) is 6.74. The van der Waals surface area contributed by atoms with Crippen molar-refractivity contribution in [2.45, 2.75) is 32.9 Å². The fourth-order valence-electron chi connectivity index (χ4n) is 2.29. The zero-order chi connectivity index (χ0) is 14.5. The maximum Gasteiger partial charge on any atom is 0.263 e. The van der Waals surface area contributed by atoms with E-state index in [-0.39, 0.29) is 11.6 Å². The third kappa shape index (κ3) is 3.64. The van der Waals surface area contributed by atoms with Crippen LogP contribution in [0, 0.1) is 6.92 Å². The highest BCUT2D eigenvalue weighted by atomic mass is 19.3. The summed E-state index contributed by atoms with van der Waals surface area (Å²) in [6, 6.07) is 14.9. The second-order valence-electron chi connectivity index (χ2n) is 5.00. The molecule has 1 atom stereocenters. The highest BCUT2D eigenvalue weighted by Crippen LogP contribution is 2.21. The molecule has 2 aromatic rings. The van der Waals surface area contributed by atoms with Crippen molar-refractivity contribution in [3.63, 3.8) is 0 Å². The van der Waals surface area contributed by atoms with E-state index in [1.54, 1.807) is 12.1 Å². The molecule has 0 aliphatic heterocycles. The van der Waals surface area contributed by atoms with Crippen molar-refractivity contribution in [1.29, 1.82) is 0 Å². The van der Waals surface area contributed by atoms with Gasteiger partial charge in [-0.3, -0.25) is 0 Å². The highest BCUT2D eigenvalue weighted by Gasteiger charge is 2.09. The van der Waals surface area contributed by atoms with E-state index in [4.69, 9.17) is 0 Å². The zero-order valence-electron chi connectivity index (χ0n) is 11.7. The minimum absolute atomic E-state index is 0.0767. The third-order valence-electron chi connectivity index (χ3n) is 3.47. The standard InChI is InChI=1S/C17H19F2N/c1-12-6-3-4-9-16(12)13(2)20-11-14-7-5-8-15(10-14)17(18)19/h3-10,13,17,20H,11H2,1-2H3/t13-/m1/s1. The van der Waals surface area contributed by atoms with Gasteiger partial charge in [-0.1, -0.05) is 42.5 Å². The van der Waals surface area contributed by atoms with Gasteiger partial charge in [0.25, 0.3) is 6.43 Å². The predicted octanol–water partition coefficient (Wildman–Crippen LogP) is 4.78. The molecule has 0 fully saturated rings. The van der Waals surface area contributed by atoms with Crippen LogP contribution in [-0.2, 0) is 6.54 Å². The van der Waals surface area contributed by atoms with Crippen molar-refractivity contribution in [2.24, 2.45) is 0 Å². The highest BCUT2D eigenvalue weighted by molar-refractivity contribution is 5.29. The Balaban J connectivity index is 2.02. The monoisotopic (exact) mass is 275 g/mol. The second kappa shape index (κ2) is 6.62. The van der Waals surface area contributed by atoms with Crippen LogP contribution < -0.4 is 5.32 Å². The number of hydrogen-bond donors (Lipinski definition) is 1. The first-order chi connectivity index (χ1) is 9.58. The van der Waals surface area contributed by atoms with Gasteiger partial charge in [-0.15, -0.1) is 0 Å². The maximum absolute atomic E-state index is 12.6. The SMILES string of the molecule is Cc1ccccc1[C@@H](C)NCc1cccc(C(F)F)c1. The normalized spacial score (nSPS) is 12.7. The lowest BCUT2D eigenvalue weighted by Crippen LogP contribution is -2.18. The van der Waals surface area contributed by atoms with Crippen LogP contribution >= 0.6 is 0 Å². The second-order valence-corrected chi connectivity index (χ2v) is 5.00. The minimum Gasteiger partial charge on any atom is -0.306 e. The van der Waals surface area contributed by atoms with Crippen LogP contribution in [0.4, 0.5) is 8.78 Å². The molecule has 0 aliphatic carbocycles. The minimum atomic E-state index is -2.41. The Morgan fingerprint density at radius 1 is 1.05 bits per heavy atom. The van der Waals surface area contributed by atoms with Crippen LogP contribution in [0.25, 0.3) is 0 Å². The van der Waals surface area contributed by atoms with Gasteiger partial charge in [0, 0.05) is 18.2 Å². The average Bonchev–Trinajstić information content (AvgIpc) is 2.45. The van der Waals surface area contributed by atoms with Gasteiger partial charge >= 0.3 is 0 Å². The van der Waals surface area contributed by atoms with Gasteiger partial charge in [0.15, 0.2) is 0 Å². The summed E-state index contributed by atoms with van der Waals surface area (Å²) in [6.45, 7) is 4.74. The fraction of sp³-hybridized carbons (Fsp3) is 0.294.